The zero-order chi connectivity index (χ0) is 19.1. The molecule has 0 aliphatic carbocycles. The molecule has 0 radical (unpaired) electrons. The van der Waals surface area contributed by atoms with Gasteiger partial charge in [-0.05, 0) is 24.6 Å². The third kappa shape index (κ3) is 3.12. The lowest BCUT2D eigenvalue weighted by Gasteiger charge is -2.38. The maximum absolute atomic E-state index is 11.9. The predicted molar refractivity (Wildman–Crippen MR) is 110 cm³/mol. The summed E-state index contributed by atoms with van der Waals surface area (Å²) in [7, 11) is 0. The molecule has 7 nitrogen and oxygen atoms in total. The number of nitrogens with one attached hydrogen (secondary N) is 1. The predicted octanol–water partition coefficient (Wildman–Crippen LogP) is 2.26. The van der Waals surface area contributed by atoms with Gasteiger partial charge in [0.15, 0.2) is 0 Å². The van der Waals surface area contributed by atoms with Crippen molar-refractivity contribution >= 4 is 33.4 Å². The number of thiazole rings is 1. The molecule has 0 saturated carbocycles. The van der Waals surface area contributed by atoms with Gasteiger partial charge in [0.1, 0.15) is 0 Å². The van der Waals surface area contributed by atoms with E-state index in [4.69, 9.17) is 0 Å². The van der Waals surface area contributed by atoms with E-state index in [0.29, 0.717) is 18.2 Å². The minimum atomic E-state index is -0.0662. The molecule has 1 aromatic carbocycles. The van der Waals surface area contributed by atoms with E-state index in [1.807, 2.05) is 5.51 Å². The normalized spacial score (nSPS) is 18.8. The molecule has 1 amide bonds. The number of amides is 1. The van der Waals surface area contributed by atoms with Gasteiger partial charge in [-0.25, -0.2) is 15.0 Å². The molecule has 1 atom stereocenters. The molecule has 3 aromatic rings. The SMILES string of the molecule is C[C@@H](c1ccc2scnc2c1)N1CCN(c2ncc3c(n2)CCNC3=O)CC1. The number of hydrogen-bond donors (Lipinski definition) is 1. The van der Waals surface area contributed by atoms with Gasteiger partial charge in [0.25, 0.3) is 5.91 Å². The van der Waals surface area contributed by atoms with Gasteiger partial charge >= 0.3 is 0 Å². The van der Waals surface area contributed by atoms with Crippen molar-refractivity contribution in [1.29, 1.82) is 0 Å². The molecule has 0 spiro atoms. The van der Waals surface area contributed by atoms with Gasteiger partial charge in [-0.2, -0.15) is 0 Å². The lowest BCUT2D eigenvalue weighted by atomic mass is 10.1. The number of nitrogens with zero attached hydrogens (tertiary/aromatic N) is 5. The molecule has 2 aromatic heterocycles. The Kier molecular flexibility index (Phi) is 4.44. The number of rotatable bonds is 3. The molecule has 1 fully saturated rings. The lowest BCUT2D eigenvalue weighted by molar-refractivity contribution is 0.0944. The van der Waals surface area contributed by atoms with Crippen LogP contribution >= 0.6 is 11.3 Å². The van der Waals surface area contributed by atoms with Crippen molar-refractivity contribution in [3.05, 3.63) is 46.7 Å². The van der Waals surface area contributed by atoms with E-state index in [-0.39, 0.29) is 5.91 Å². The second-order valence-corrected chi connectivity index (χ2v) is 8.20. The van der Waals surface area contributed by atoms with Gasteiger partial charge in [0.05, 0.1) is 27.0 Å². The quantitative estimate of drug-likeness (QED) is 0.735. The Labute approximate surface area is 167 Å². The summed E-state index contributed by atoms with van der Waals surface area (Å²) in [5.74, 6) is 0.674. The highest BCUT2D eigenvalue weighted by Crippen LogP contribution is 2.27. The van der Waals surface area contributed by atoms with Crippen molar-refractivity contribution in [2.75, 3.05) is 37.6 Å². The van der Waals surface area contributed by atoms with Crippen LogP contribution in [0, 0.1) is 0 Å². The minimum absolute atomic E-state index is 0.0662. The van der Waals surface area contributed by atoms with Crippen molar-refractivity contribution in [2.45, 2.75) is 19.4 Å². The van der Waals surface area contributed by atoms with Crippen LogP contribution in [0.2, 0.25) is 0 Å². The first-order chi connectivity index (χ1) is 13.7. The molecule has 28 heavy (non-hydrogen) atoms. The highest BCUT2D eigenvalue weighted by molar-refractivity contribution is 7.16. The van der Waals surface area contributed by atoms with E-state index in [1.54, 1.807) is 17.5 Å². The van der Waals surface area contributed by atoms with Crippen LogP contribution in [0.1, 0.15) is 34.6 Å². The van der Waals surface area contributed by atoms with Crippen LogP contribution < -0.4 is 10.2 Å². The topological polar surface area (TPSA) is 74.2 Å². The Morgan fingerprint density at radius 3 is 2.89 bits per heavy atom. The molecular formula is C20H22N6OS. The molecule has 2 aliphatic rings. The lowest BCUT2D eigenvalue weighted by Crippen LogP contribution is -2.48. The van der Waals surface area contributed by atoms with Crippen molar-refractivity contribution in [1.82, 2.24) is 25.2 Å². The smallest absolute Gasteiger partial charge is 0.254 e. The van der Waals surface area contributed by atoms with Crippen molar-refractivity contribution in [3.8, 4) is 0 Å². The fourth-order valence-corrected chi connectivity index (χ4v) is 4.64. The molecule has 1 saturated heterocycles. The summed E-state index contributed by atoms with van der Waals surface area (Å²) < 4.78 is 1.24. The molecule has 1 N–H and O–H groups in total. The average molecular weight is 395 g/mol. The summed E-state index contributed by atoms with van der Waals surface area (Å²) in [6.45, 7) is 6.59. The van der Waals surface area contributed by atoms with E-state index in [2.05, 4.69) is 55.2 Å². The average Bonchev–Trinajstić information content (AvgIpc) is 3.21. The highest BCUT2D eigenvalue weighted by Gasteiger charge is 2.25. The second-order valence-electron chi connectivity index (χ2n) is 7.31. The van der Waals surface area contributed by atoms with E-state index in [9.17, 15) is 4.79 Å². The van der Waals surface area contributed by atoms with Gasteiger partial charge in [0, 0.05) is 51.4 Å². The summed E-state index contributed by atoms with van der Waals surface area (Å²) in [6.07, 6.45) is 2.44. The Bertz CT molecular complexity index is 1030. The van der Waals surface area contributed by atoms with E-state index in [1.165, 1.54) is 10.3 Å². The van der Waals surface area contributed by atoms with Crippen LogP contribution in [-0.2, 0) is 6.42 Å². The molecular weight excluding hydrogens is 372 g/mol. The van der Waals surface area contributed by atoms with E-state index in [0.717, 1.165) is 49.8 Å². The zero-order valence-electron chi connectivity index (χ0n) is 15.8. The van der Waals surface area contributed by atoms with Crippen LogP contribution in [0.25, 0.3) is 10.2 Å². The Morgan fingerprint density at radius 2 is 2.04 bits per heavy atom. The van der Waals surface area contributed by atoms with E-state index < -0.39 is 0 Å². The van der Waals surface area contributed by atoms with Crippen LogP contribution in [0.5, 0.6) is 0 Å². The molecule has 4 heterocycles. The number of aromatic nitrogens is 3. The van der Waals surface area contributed by atoms with E-state index >= 15 is 0 Å². The first-order valence-corrected chi connectivity index (χ1v) is 10.5. The number of anilines is 1. The van der Waals surface area contributed by atoms with Gasteiger partial charge < -0.3 is 10.2 Å². The monoisotopic (exact) mass is 394 g/mol. The van der Waals surface area contributed by atoms with Gasteiger partial charge in [-0.3, -0.25) is 9.69 Å². The third-order valence-corrected chi connectivity index (χ3v) is 6.54. The van der Waals surface area contributed by atoms with Crippen molar-refractivity contribution < 1.29 is 4.79 Å². The largest absolute Gasteiger partial charge is 0.352 e. The first kappa shape index (κ1) is 17.5. The fourth-order valence-electron chi connectivity index (χ4n) is 3.98. The van der Waals surface area contributed by atoms with Gasteiger partial charge in [0.2, 0.25) is 5.95 Å². The van der Waals surface area contributed by atoms with Crippen LogP contribution in [0.4, 0.5) is 5.95 Å². The first-order valence-electron chi connectivity index (χ1n) is 9.65. The number of carbonyl (C=O) groups is 1. The molecule has 8 heteroatoms. The van der Waals surface area contributed by atoms with Crippen molar-refractivity contribution in [2.24, 2.45) is 0 Å². The number of carbonyl (C=O) groups excluding carboxylic acids is 1. The maximum atomic E-state index is 11.9. The third-order valence-electron chi connectivity index (χ3n) is 5.73. The Balaban J connectivity index is 1.27. The fraction of sp³-hybridized carbons (Fsp3) is 0.400. The molecule has 5 rings (SSSR count). The summed E-state index contributed by atoms with van der Waals surface area (Å²) in [5, 5.41) is 2.84. The summed E-state index contributed by atoms with van der Waals surface area (Å²) >= 11 is 1.68. The molecule has 0 unspecified atom stereocenters. The van der Waals surface area contributed by atoms with Crippen LogP contribution in [-0.4, -0.2) is 58.5 Å². The maximum Gasteiger partial charge on any atom is 0.254 e. The molecule has 2 aliphatic heterocycles. The summed E-state index contributed by atoms with van der Waals surface area (Å²) in [5.41, 5.74) is 5.77. The van der Waals surface area contributed by atoms with Gasteiger partial charge in [-0.1, -0.05) is 6.07 Å². The van der Waals surface area contributed by atoms with Crippen LogP contribution in [0.3, 0.4) is 0 Å². The Hall–Kier alpha value is -2.58. The standard InChI is InChI=1S/C20H22N6OS/c1-13(14-2-3-18-17(10-14)23-12-28-18)25-6-8-26(9-7-25)20-22-11-15-16(24-20)4-5-21-19(15)27/h2-3,10-13H,4-9H2,1H3,(H,21,27)/t13-/m0/s1. The Morgan fingerprint density at radius 1 is 1.18 bits per heavy atom. The minimum Gasteiger partial charge on any atom is -0.352 e. The highest BCUT2D eigenvalue weighted by atomic mass is 32.1. The molecule has 0 bridgehead atoms. The summed E-state index contributed by atoms with van der Waals surface area (Å²) in [6, 6.07) is 6.95. The zero-order valence-corrected chi connectivity index (χ0v) is 16.6. The second kappa shape index (κ2) is 7.10. The number of benzene rings is 1. The summed E-state index contributed by atoms with van der Waals surface area (Å²) in [4.78, 5) is 30.2. The van der Waals surface area contributed by atoms with Crippen molar-refractivity contribution in [3.63, 3.8) is 0 Å². The van der Waals surface area contributed by atoms with Gasteiger partial charge in [-0.15, -0.1) is 11.3 Å². The number of piperazine rings is 1. The number of hydrogen-bond acceptors (Lipinski definition) is 7. The van der Waals surface area contributed by atoms with Crippen LogP contribution in [0.15, 0.2) is 29.9 Å². The number of fused-ring (bicyclic) bond motifs is 2. The molecule has 144 valence electrons.